The summed E-state index contributed by atoms with van der Waals surface area (Å²) < 4.78 is 23.6. The third-order valence-electron chi connectivity index (χ3n) is 5.14. The second-order valence-corrected chi connectivity index (χ2v) is 7.27. The predicted octanol–water partition coefficient (Wildman–Crippen LogP) is 3.40. The topological polar surface area (TPSA) is 81.9 Å². The summed E-state index contributed by atoms with van der Waals surface area (Å²) in [6.45, 7) is 3.10. The molecule has 0 aliphatic heterocycles. The minimum Gasteiger partial charge on any atom is -0.449 e. The Kier molecular flexibility index (Phi) is 4.01. The molecule has 144 valence electrons. The minimum atomic E-state index is -0.384. The maximum Gasteiger partial charge on any atom is 0.195 e. The standard InChI is InChI=1S/C20H20FN5O2/c1-12-15-3-2-4-16(21)18(15)28-17(12)20-23-19(24-26(20)10-13-5-6-13)14-9-22-25(11-14)7-8-27/h2-4,9,11,13,27H,5-8,10H2,1H3. The Hall–Kier alpha value is -3.00. The lowest BCUT2D eigenvalue weighted by Gasteiger charge is -2.03. The number of para-hydroxylation sites is 1. The van der Waals surface area contributed by atoms with E-state index in [-0.39, 0.29) is 18.0 Å². The van der Waals surface area contributed by atoms with Crippen molar-refractivity contribution in [3.05, 3.63) is 42.0 Å². The first-order valence-electron chi connectivity index (χ1n) is 9.40. The van der Waals surface area contributed by atoms with Crippen molar-refractivity contribution in [3.63, 3.8) is 0 Å². The molecule has 0 spiro atoms. The zero-order valence-corrected chi connectivity index (χ0v) is 15.5. The number of fused-ring (bicyclic) bond motifs is 1. The second kappa shape index (κ2) is 6.56. The molecule has 1 aliphatic rings. The SMILES string of the molecule is Cc1c(-c2nc(-c3cnn(CCO)c3)nn2CC2CC2)oc2c(F)cccc12. The summed E-state index contributed by atoms with van der Waals surface area (Å²) in [5.74, 6) is 1.89. The van der Waals surface area contributed by atoms with Crippen molar-refractivity contribution in [3.8, 4) is 23.0 Å². The van der Waals surface area contributed by atoms with Crippen LogP contribution in [-0.2, 0) is 13.1 Å². The Morgan fingerprint density at radius 3 is 2.93 bits per heavy atom. The highest BCUT2D eigenvalue weighted by Gasteiger charge is 2.27. The summed E-state index contributed by atoms with van der Waals surface area (Å²) >= 11 is 0. The van der Waals surface area contributed by atoms with Gasteiger partial charge in [-0.1, -0.05) is 12.1 Å². The lowest BCUT2D eigenvalue weighted by Crippen LogP contribution is -2.04. The fourth-order valence-corrected chi connectivity index (χ4v) is 3.43. The fourth-order valence-electron chi connectivity index (χ4n) is 3.43. The molecule has 7 nitrogen and oxygen atoms in total. The minimum absolute atomic E-state index is 0.0136. The van der Waals surface area contributed by atoms with Gasteiger partial charge in [-0.3, -0.25) is 4.68 Å². The van der Waals surface area contributed by atoms with Crippen LogP contribution in [-0.4, -0.2) is 36.3 Å². The van der Waals surface area contributed by atoms with Crippen LogP contribution in [0.3, 0.4) is 0 Å². The van der Waals surface area contributed by atoms with E-state index in [0.717, 1.165) is 23.1 Å². The first-order valence-corrected chi connectivity index (χ1v) is 9.40. The number of aliphatic hydroxyl groups is 1. The summed E-state index contributed by atoms with van der Waals surface area (Å²) in [5, 5.41) is 18.7. The van der Waals surface area contributed by atoms with Crippen LogP contribution in [0, 0.1) is 18.7 Å². The highest BCUT2D eigenvalue weighted by Crippen LogP contribution is 2.36. The largest absolute Gasteiger partial charge is 0.449 e. The van der Waals surface area contributed by atoms with Crippen molar-refractivity contribution >= 4 is 11.0 Å². The highest BCUT2D eigenvalue weighted by molar-refractivity contribution is 5.87. The molecular formula is C20H20FN5O2. The van der Waals surface area contributed by atoms with Gasteiger partial charge in [0.2, 0.25) is 0 Å². The van der Waals surface area contributed by atoms with E-state index in [1.807, 2.05) is 23.9 Å². The van der Waals surface area contributed by atoms with E-state index >= 15 is 0 Å². The van der Waals surface area contributed by atoms with Crippen molar-refractivity contribution < 1.29 is 13.9 Å². The smallest absolute Gasteiger partial charge is 0.195 e. The zero-order valence-electron chi connectivity index (χ0n) is 15.5. The Bertz CT molecular complexity index is 1150. The molecule has 1 aromatic carbocycles. The molecule has 28 heavy (non-hydrogen) atoms. The van der Waals surface area contributed by atoms with Gasteiger partial charge in [0.1, 0.15) is 0 Å². The van der Waals surface area contributed by atoms with Crippen molar-refractivity contribution in [2.24, 2.45) is 5.92 Å². The molecule has 8 heteroatoms. The average Bonchev–Trinajstić information content (AvgIpc) is 3.07. The number of benzene rings is 1. The first-order chi connectivity index (χ1) is 13.6. The molecule has 4 aromatic rings. The van der Waals surface area contributed by atoms with Crippen molar-refractivity contribution in [1.82, 2.24) is 24.5 Å². The number of hydrogen-bond acceptors (Lipinski definition) is 5. The molecule has 1 saturated carbocycles. The van der Waals surface area contributed by atoms with Crippen LogP contribution in [0.5, 0.6) is 0 Å². The van der Waals surface area contributed by atoms with E-state index in [0.29, 0.717) is 29.9 Å². The molecular weight excluding hydrogens is 361 g/mol. The monoisotopic (exact) mass is 381 g/mol. The normalized spacial score (nSPS) is 14.2. The number of aryl methyl sites for hydroxylation is 1. The Balaban J connectivity index is 1.62. The van der Waals surface area contributed by atoms with Gasteiger partial charge in [0.15, 0.2) is 28.8 Å². The van der Waals surface area contributed by atoms with E-state index in [1.54, 1.807) is 16.9 Å². The lowest BCUT2D eigenvalue weighted by molar-refractivity contribution is 0.269. The Labute approximate surface area is 160 Å². The van der Waals surface area contributed by atoms with E-state index in [2.05, 4.69) is 10.2 Å². The van der Waals surface area contributed by atoms with Gasteiger partial charge >= 0.3 is 0 Å². The Morgan fingerprint density at radius 2 is 2.18 bits per heavy atom. The lowest BCUT2D eigenvalue weighted by atomic mass is 10.1. The summed E-state index contributed by atoms with van der Waals surface area (Å²) in [4.78, 5) is 4.71. The molecule has 0 bridgehead atoms. The zero-order chi connectivity index (χ0) is 19.3. The van der Waals surface area contributed by atoms with Gasteiger partial charge in [-0.25, -0.2) is 14.1 Å². The molecule has 3 heterocycles. The van der Waals surface area contributed by atoms with Crippen molar-refractivity contribution in [2.75, 3.05) is 6.61 Å². The van der Waals surface area contributed by atoms with Crippen LogP contribution in [0.4, 0.5) is 4.39 Å². The number of rotatable bonds is 6. The third kappa shape index (κ3) is 2.90. The van der Waals surface area contributed by atoms with E-state index in [1.165, 1.54) is 18.9 Å². The van der Waals surface area contributed by atoms with E-state index < -0.39 is 0 Å². The van der Waals surface area contributed by atoms with Crippen LogP contribution in [0.25, 0.3) is 33.9 Å². The molecule has 5 rings (SSSR count). The molecule has 0 amide bonds. The van der Waals surface area contributed by atoms with Crippen LogP contribution in [0.1, 0.15) is 18.4 Å². The van der Waals surface area contributed by atoms with Crippen molar-refractivity contribution in [1.29, 1.82) is 0 Å². The van der Waals surface area contributed by atoms with Gasteiger partial charge < -0.3 is 9.52 Å². The summed E-state index contributed by atoms with van der Waals surface area (Å²) in [5.41, 5.74) is 1.86. The van der Waals surface area contributed by atoms with Gasteiger partial charge in [0.05, 0.1) is 24.9 Å². The third-order valence-corrected chi connectivity index (χ3v) is 5.14. The second-order valence-electron chi connectivity index (χ2n) is 7.27. The summed E-state index contributed by atoms with van der Waals surface area (Å²) in [6.07, 6.45) is 5.84. The average molecular weight is 381 g/mol. The van der Waals surface area contributed by atoms with Gasteiger partial charge in [0, 0.05) is 23.7 Å². The summed E-state index contributed by atoms with van der Waals surface area (Å²) in [6, 6.07) is 4.92. The van der Waals surface area contributed by atoms with E-state index in [9.17, 15) is 4.39 Å². The van der Waals surface area contributed by atoms with Crippen LogP contribution in [0.15, 0.2) is 35.0 Å². The predicted molar refractivity (Wildman–Crippen MR) is 101 cm³/mol. The number of hydrogen-bond donors (Lipinski definition) is 1. The number of nitrogens with zero attached hydrogens (tertiary/aromatic N) is 5. The van der Waals surface area contributed by atoms with Gasteiger partial charge in [-0.2, -0.15) is 10.2 Å². The molecule has 3 aromatic heterocycles. The van der Waals surface area contributed by atoms with E-state index in [4.69, 9.17) is 14.5 Å². The molecule has 1 N–H and O–H groups in total. The van der Waals surface area contributed by atoms with Crippen LogP contribution >= 0.6 is 0 Å². The maximum absolute atomic E-state index is 14.2. The van der Waals surface area contributed by atoms with Gasteiger partial charge in [-0.15, -0.1) is 0 Å². The first kappa shape index (κ1) is 17.1. The number of aliphatic hydroxyl groups excluding tert-OH is 1. The molecule has 0 atom stereocenters. The van der Waals surface area contributed by atoms with Gasteiger partial charge in [0.25, 0.3) is 0 Å². The fraction of sp³-hybridized carbons (Fsp3) is 0.350. The van der Waals surface area contributed by atoms with Crippen LogP contribution < -0.4 is 0 Å². The molecule has 1 aliphatic carbocycles. The maximum atomic E-state index is 14.2. The molecule has 0 saturated heterocycles. The number of aromatic nitrogens is 5. The number of halogens is 1. The highest BCUT2D eigenvalue weighted by atomic mass is 19.1. The quantitative estimate of drug-likeness (QED) is 0.554. The molecule has 0 radical (unpaired) electrons. The van der Waals surface area contributed by atoms with Gasteiger partial charge in [-0.05, 0) is 31.7 Å². The molecule has 0 unspecified atom stereocenters. The summed E-state index contributed by atoms with van der Waals surface area (Å²) in [7, 11) is 0. The van der Waals surface area contributed by atoms with Crippen LogP contribution in [0.2, 0.25) is 0 Å². The number of furan rings is 1. The van der Waals surface area contributed by atoms with Crippen molar-refractivity contribution in [2.45, 2.75) is 32.9 Å². The molecule has 1 fully saturated rings. The Morgan fingerprint density at radius 1 is 1.32 bits per heavy atom.